The van der Waals surface area contributed by atoms with Crippen LogP contribution in [0, 0.1) is 5.92 Å². The highest BCUT2D eigenvalue weighted by Gasteiger charge is 2.46. The Morgan fingerprint density at radius 3 is 2.43 bits per heavy atom. The summed E-state index contributed by atoms with van der Waals surface area (Å²) in [5.74, 6) is 0.813. The number of hydrogen-bond donors (Lipinski definition) is 1. The highest BCUT2D eigenvalue weighted by atomic mass is 127. The van der Waals surface area contributed by atoms with Gasteiger partial charge in [-0.3, -0.25) is 0 Å². The van der Waals surface area contributed by atoms with E-state index in [0.29, 0.717) is 3.42 Å². The maximum absolute atomic E-state index is 5.40. The molecule has 0 amide bonds. The van der Waals surface area contributed by atoms with Gasteiger partial charge in [-0.05, 0) is 18.9 Å². The molecule has 1 nitrogen and oxygen atoms in total. The van der Waals surface area contributed by atoms with E-state index in [9.17, 15) is 0 Å². The van der Waals surface area contributed by atoms with E-state index in [1.165, 1.54) is 6.42 Å². The Labute approximate surface area is 57.8 Å². The molecule has 2 atom stereocenters. The van der Waals surface area contributed by atoms with Gasteiger partial charge in [-0.1, -0.05) is 29.5 Å². The minimum atomic E-state index is 0.562. The second-order valence-electron chi connectivity index (χ2n) is 2.41. The van der Waals surface area contributed by atoms with E-state index in [-0.39, 0.29) is 0 Å². The summed E-state index contributed by atoms with van der Waals surface area (Å²) in [6.45, 7) is 3.13. The van der Waals surface area contributed by atoms with E-state index in [1.807, 2.05) is 0 Å². The molecule has 2 N–H and O–H groups in total. The quantitative estimate of drug-likeness (QED) is 0.511. The Morgan fingerprint density at radius 1 is 2.00 bits per heavy atom. The van der Waals surface area contributed by atoms with E-state index in [1.54, 1.807) is 0 Å². The summed E-state index contributed by atoms with van der Waals surface area (Å²) in [5.41, 5.74) is 5.40. The average molecular weight is 211 g/mol. The fraction of sp³-hybridized carbons (Fsp3) is 1.00. The molecule has 2 heteroatoms. The van der Waals surface area contributed by atoms with Gasteiger partial charge in [0.1, 0.15) is 0 Å². The first kappa shape index (κ1) is 5.82. The van der Waals surface area contributed by atoms with E-state index >= 15 is 0 Å². The predicted molar refractivity (Wildman–Crippen MR) is 39.6 cm³/mol. The number of nitrogens with two attached hydrogens (primary N) is 1. The normalized spacial score (nSPS) is 49.3. The van der Waals surface area contributed by atoms with Crippen molar-refractivity contribution in [1.82, 2.24) is 0 Å². The van der Waals surface area contributed by atoms with E-state index in [4.69, 9.17) is 5.73 Å². The Balaban J connectivity index is 2.30. The standard InChI is InChI=1S/C5H10IN/c1-5(6)2-4(5)3-7/h4H,2-3,7H2,1H3. The highest BCUT2D eigenvalue weighted by Crippen LogP contribution is 2.50. The molecular formula is C5H10IN. The van der Waals surface area contributed by atoms with Crippen molar-refractivity contribution in [1.29, 1.82) is 0 Å². The summed E-state index contributed by atoms with van der Waals surface area (Å²) >= 11 is 2.47. The second kappa shape index (κ2) is 1.58. The molecule has 0 spiro atoms. The van der Waals surface area contributed by atoms with Crippen LogP contribution in [0.1, 0.15) is 13.3 Å². The van der Waals surface area contributed by atoms with E-state index in [2.05, 4.69) is 29.5 Å². The average Bonchev–Trinajstić information content (AvgIpc) is 2.13. The molecule has 42 valence electrons. The van der Waals surface area contributed by atoms with Gasteiger partial charge in [0.05, 0.1) is 0 Å². The summed E-state index contributed by atoms with van der Waals surface area (Å²) in [7, 11) is 0. The Bertz CT molecular complexity index is 80.1. The maximum atomic E-state index is 5.40. The zero-order valence-electron chi connectivity index (χ0n) is 4.45. The van der Waals surface area contributed by atoms with Crippen molar-refractivity contribution >= 4 is 22.6 Å². The van der Waals surface area contributed by atoms with Crippen LogP contribution in [0.15, 0.2) is 0 Å². The zero-order valence-corrected chi connectivity index (χ0v) is 6.60. The first-order valence-corrected chi connectivity index (χ1v) is 3.63. The van der Waals surface area contributed by atoms with Crippen LogP contribution in [-0.2, 0) is 0 Å². The van der Waals surface area contributed by atoms with Crippen molar-refractivity contribution in [2.45, 2.75) is 16.8 Å². The fourth-order valence-corrected chi connectivity index (χ4v) is 1.54. The Hall–Kier alpha value is 0.690. The largest absolute Gasteiger partial charge is 0.330 e. The van der Waals surface area contributed by atoms with Crippen molar-refractivity contribution in [3.63, 3.8) is 0 Å². The summed E-state index contributed by atoms with van der Waals surface area (Å²) in [5, 5.41) is 0. The minimum absolute atomic E-state index is 0.562. The predicted octanol–water partition coefficient (Wildman–Crippen LogP) is 1.16. The maximum Gasteiger partial charge on any atom is 0.0238 e. The van der Waals surface area contributed by atoms with Gasteiger partial charge in [0.25, 0.3) is 0 Å². The molecular weight excluding hydrogens is 201 g/mol. The molecule has 0 heterocycles. The molecule has 0 bridgehead atoms. The van der Waals surface area contributed by atoms with Crippen molar-refractivity contribution in [2.24, 2.45) is 11.7 Å². The van der Waals surface area contributed by atoms with Gasteiger partial charge in [0.2, 0.25) is 0 Å². The molecule has 1 fully saturated rings. The fourth-order valence-electron chi connectivity index (χ4n) is 0.752. The lowest BCUT2D eigenvalue weighted by Crippen LogP contribution is -2.06. The lowest BCUT2D eigenvalue weighted by molar-refractivity contribution is 0.804. The lowest BCUT2D eigenvalue weighted by atomic mass is 10.3. The van der Waals surface area contributed by atoms with Crippen LogP contribution in [0.3, 0.4) is 0 Å². The first-order valence-electron chi connectivity index (χ1n) is 2.56. The van der Waals surface area contributed by atoms with Gasteiger partial charge < -0.3 is 5.73 Å². The third-order valence-electron chi connectivity index (χ3n) is 1.62. The van der Waals surface area contributed by atoms with Crippen LogP contribution in [0.4, 0.5) is 0 Å². The van der Waals surface area contributed by atoms with Crippen molar-refractivity contribution in [3.8, 4) is 0 Å². The SMILES string of the molecule is CC1(I)CC1CN. The lowest BCUT2D eigenvalue weighted by Gasteiger charge is -1.93. The zero-order chi connectivity index (χ0) is 5.49. The third-order valence-corrected chi connectivity index (χ3v) is 2.94. The van der Waals surface area contributed by atoms with Crippen molar-refractivity contribution < 1.29 is 0 Å². The molecule has 0 saturated heterocycles. The molecule has 1 saturated carbocycles. The van der Waals surface area contributed by atoms with E-state index < -0.39 is 0 Å². The van der Waals surface area contributed by atoms with E-state index in [0.717, 1.165) is 12.5 Å². The summed E-state index contributed by atoms with van der Waals surface area (Å²) in [6, 6.07) is 0. The number of hydrogen-bond acceptors (Lipinski definition) is 1. The van der Waals surface area contributed by atoms with Gasteiger partial charge in [0.15, 0.2) is 0 Å². The van der Waals surface area contributed by atoms with Gasteiger partial charge in [0, 0.05) is 3.42 Å². The third kappa shape index (κ3) is 1.08. The number of halogens is 1. The van der Waals surface area contributed by atoms with Crippen LogP contribution in [0.2, 0.25) is 0 Å². The molecule has 2 unspecified atom stereocenters. The number of rotatable bonds is 1. The Morgan fingerprint density at radius 2 is 2.43 bits per heavy atom. The van der Waals surface area contributed by atoms with Gasteiger partial charge in [-0.2, -0.15) is 0 Å². The molecule has 0 aromatic heterocycles. The summed E-state index contributed by atoms with van der Waals surface area (Å²) < 4.78 is 0.562. The summed E-state index contributed by atoms with van der Waals surface area (Å²) in [4.78, 5) is 0. The van der Waals surface area contributed by atoms with Crippen LogP contribution in [0.5, 0.6) is 0 Å². The van der Waals surface area contributed by atoms with Crippen LogP contribution >= 0.6 is 22.6 Å². The molecule has 0 radical (unpaired) electrons. The summed E-state index contributed by atoms with van der Waals surface area (Å²) in [6.07, 6.45) is 1.32. The van der Waals surface area contributed by atoms with Crippen LogP contribution in [0.25, 0.3) is 0 Å². The molecule has 1 aliphatic rings. The number of alkyl halides is 1. The first-order chi connectivity index (χ1) is 3.17. The highest BCUT2D eigenvalue weighted by molar-refractivity contribution is 14.1. The molecule has 7 heavy (non-hydrogen) atoms. The topological polar surface area (TPSA) is 26.0 Å². The van der Waals surface area contributed by atoms with Crippen molar-refractivity contribution in [3.05, 3.63) is 0 Å². The minimum Gasteiger partial charge on any atom is -0.330 e. The second-order valence-corrected chi connectivity index (χ2v) is 4.88. The monoisotopic (exact) mass is 211 g/mol. The molecule has 1 rings (SSSR count). The smallest absolute Gasteiger partial charge is 0.0238 e. The molecule has 0 aromatic carbocycles. The van der Waals surface area contributed by atoms with Gasteiger partial charge in [-0.15, -0.1) is 0 Å². The van der Waals surface area contributed by atoms with Gasteiger partial charge in [-0.25, -0.2) is 0 Å². The van der Waals surface area contributed by atoms with Crippen LogP contribution < -0.4 is 5.73 Å². The molecule has 0 aromatic rings. The van der Waals surface area contributed by atoms with Crippen LogP contribution in [-0.4, -0.2) is 9.97 Å². The van der Waals surface area contributed by atoms with Crippen molar-refractivity contribution in [2.75, 3.05) is 6.54 Å². The molecule has 1 aliphatic carbocycles. The van der Waals surface area contributed by atoms with Gasteiger partial charge >= 0.3 is 0 Å². The Kier molecular flexibility index (Phi) is 1.32. The molecule has 0 aliphatic heterocycles.